The Hall–Kier alpha value is -2.10. The maximum Gasteiger partial charge on any atom is 0.573 e. The average molecular weight is 462 g/mol. The van der Waals surface area contributed by atoms with Gasteiger partial charge in [0.05, 0.1) is 9.26 Å². The van der Waals surface area contributed by atoms with E-state index in [-0.39, 0.29) is 17.1 Å². The zero-order valence-corrected chi connectivity index (χ0v) is 14.9. The fraction of sp³-hybridized carbons (Fsp3) is 0.118. The van der Waals surface area contributed by atoms with Gasteiger partial charge in [-0.3, -0.25) is 4.98 Å². The van der Waals surface area contributed by atoms with Crippen LogP contribution in [0.4, 0.5) is 28.9 Å². The first-order valence-electron chi connectivity index (χ1n) is 7.11. The van der Waals surface area contributed by atoms with Crippen LogP contribution >= 0.6 is 22.6 Å². The van der Waals surface area contributed by atoms with Crippen molar-refractivity contribution in [3.05, 3.63) is 57.5 Å². The van der Waals surface area contributed by atoms with Crippen molar-refractivity contribution in [3.8, 4) is 5.75 Å². The van der Waals surface area contributed by atoms with E-state index in [0.717, 1.165) is 0 Å². The first-order chi connectivity index (χ1) is 11.7. The van der Waals surface area contributed by atoms with Crippen LogP contribution in [0.15, 0.2) is 42.6 Å². The van der Waals surface area contributed by atoms with E-state index in [2.05, 4.69) is 15.0 Å². The quantitative estimate of drug-likeness (QED) is 0.387. The van der Waals surface area contributed by atoms with E-state index in [1.54, 1.807) is 19.1 Å². The second-order valence-corrected chi connectivity index (χ2v) is 6.43. The number of alkyl halides is 3. The lowest BCUT2D eigenvalue weighted by atomic mass is 10.1. The SMILES string of the molecule is Cc1cc(F)ccc1Nc1c(I)cnc2c(OC(F)(F)F)cccc12. The highest BCUT2D eigenvalue weighted by atomic mass is 127. The normalized spacial score (nSPS) is 11.6. The molecular weight excluding hydrogens is 451 g/mol. The van der Waals surface area contributed by atoms with E-state index >= 15 is 0 Å². The fourth-order valence-corrected chi connectivity index (χ4v) is 2.97. The molecule has 3 aromatic rings. The van der Waals surface area contributed by atoms with E-state index in [4.69, 9.17) is 0 Å². The van der Waals surface area contributed by atoms with E-state index in [9.17, 15) is 17.6 Å². The highest BCUT2D eigenvalue weighted by Gasteiger charge is 2.32. The van der Waals surface area contributed by atoms with Crippen molar-refractivity contribution < 1.29 is 22.3 Å². The molecule has 0 amide bonds. The zero-order chi connectivity index (χ0) is 18.2. The van der Waals surface area contributed by atoms with Gasteiger partial charge in [0.25, 0.3) is 0 Å². The smallest absolute Gasteiger partial charge is 0.403 e. The van der Waals surface area contributed by atoms with Crippen molar-refractivity contribution >= 4 is 44.9 Å². The van der Waals surface area contributed by atoms with Gasteiger partial charge < -0.3 is 10.1 Å². The van der Waals surface area contributed by atoms with Crippen LogP contribution in [0.2, 0.25) is 0 Å². The second-order valence-electron chi connectivity index (χ2n) is 5.27. The number of halogens is 5. The number of nitrogens with one attached hydrogen (secondary N) is 1. The third kappa shape index (κ3) is 3.94. The van der Waals surface area contributed by atoms with Crippen LogP contribution in [0.5, 0.6) is 5.75 Å². The van der Waals surface area contributed by atoms with Crippen LogP contribution in [0.1, 0.15) is 5.56 Å². The molecule has 0 aliphatic heterocycles. The van der Waals surface area contributed by atoms with Gasteiger partial charge in [0, 0.05) is 17.3 Å². The molecule has 0 aliphatic carbocycles. The summed E-state index contributed by atoms with van der Waals surface area (Å²) in [5.41, 5.74) is 1.98. The van der Waals surface area contributed by atoms with Crippen molar-refractivity contribution in [2.75, 3.05) is 5.32 Å². The number of hydrogen-bond acceptors (Lipinski definition) is 3. The van der Waals surface area contributed by atoms with Crippen LogP contribution in [0.25, 0.3) is 10.9 Å². The van der Waals surface area contributed by atoms with Gasteiger partial charge in [0.15, 0.2) is 5.75 Å². The highest BCUT2D eigenvalue weighted by Crippen LogP contribution is 2.36. The maximum atomic E-state index is 13.3. The molecule has 0 unspecified atom stereocenters. The van der Waals surface area contributed by atoms with Gasteiger partial charge in [-0.1, -0.05) is 12.1 Å². The van der Waals surface area contributed by atoms with Crippen molar-refractivity contribution in [1.82, 2.24) is 4.98 Å². The molecule has 0 atom stereocenters. The molecule has 1 aromatic heterocycles. The van der Waals surface area contributed by atoms with Crippen LogP contribution < -0.4 is 10.1 Å². The van der Waals surface area contributed by atoms with Crippen LogP contribution in [0.3, 0.4) is 0 Å². The number of para-hydroxylation sites is 1. The Bertz CT molecular complexity index is 944. The Balaban J connectivity index is 2.11. The Morgan fingerprint density at radius 3 is 2.60 bits per heavy atom. The number of fused-ring (bicyclic) bond motifs is 1. The molecule has 0 fully saturated rings. The molecule has 0 spiro atoms. The molecule has 0 aliphatic rings. The van der Waals surface area contributed by atoms with Gasteiger partial charge in [0.2, 0.25) is 0 Å². The number of aromatic nitrogens is 1. The standard InChI is InChI=1S/C17H11F4IN2O/c1-9-7-10(18)5-6-13(9)24-15-11-3-2-4-14(25-17(19,20)21)16(11)23-8-12(15)22/h2-8H,1H3,(H,23,24). The van der Waals surface area contributed by atoms with Gasteiger partial charge in [-0.05, 0) is 59.3 Å². The summed E-state index contributed by atoms with van der Waals surface area (Å²) < 4.78 is 55.8. The van der Waals surface area contributed by atoms with Crippen LogP contribution in [-0.2, 0) is 0 Å². The summed E-state index contributed by atoms with van der Waals surface area (Å²) >= 11 is 2.03. The monoisotopic (exact) mass is 462 g/mol. The summed E-state index contributed by atoms with van der Waals surface area (Å²) in [5.74, 6) is -0.738. The minimum absolute atomic E-state index is 0.0857. The Morgan fingerprint density at radius 1 is 1.16 bits per heavy atom. The first kappa shape index (κ1) is 17.7. The number of ether oxygens (including phenoxy) is 1. The molecule has 0 saturated carbocycles. The summed E-state index contributed by atoms with van der Waals surface area (Å²) in [6, 6.07) is 8.57. The molecular formula is C17H11F4IN2O. The van der Waals surface area contributed by atoms with Crippen molar-refractivity contribution in [3.63, 3.8) is 0 Å². The summed E-state index contributed by atoms with van der Waals surface area (Å²) in [4.78, 5) is 4.07. The molecule has 0 bridgehead atoms. The van der Waals surface area contributed by atoms with Crippen molar-refractivity contribution in [1.29, 1.82) is 0 Å². The van der Waals surface area contributed by atoms with E-state index in [1.165, 1.54) is 30.5 Å². The number of anilines is 2. The van der Waals surface area contributed by atoms with Gasteiger partial charge >= 0.3 is 6.36 Å². The number of aryl methyl sites for hydroxylation is 1. The molecule has 3 nitrogen and oxygen atoms in total. The number of benzene rings is 2. The van der Waals surface area contributed by atoms with E-state index in [0.29, 0.717) is 25.9 Å². The molecule has 0 saturated heterocycles. The highest BCUT2D eigenvalue weighted by molar-refractivity contribution is 14.1. The second kappa shape index (κ2) is 6.66. The Morgan fingerprint density at radius 2 is 1.92 bits per heavy atom. The predicted molar refractivity (Wildman–Crippen MR) is 95.6 cm³/mol. The van der Waals surface area contributed by atoms with Crippen LogP contribution in [0, 0.1) is 16.3 Å². The summed E-state index contributed by atoms with van der Waals surface area (Å²) in [6.45, 7) is 1.74. The molecule has 1 N–H and O–H groups in total. The largest absolute Gasteiger partial charge is 0.573 e. The number of pyridine rings is 1. The van der Waals surface area contributed by atoms with Gasteiger partial charge in [-0.2, -0.15) is 0 Å². The van der Waals surface area contributed by atoms with Gasteiger partial charge in [0.1, 0.15) is 11.3 Å². The lowest BCUT2D eigenvalue weighted by Gasteiger charge is -2.16. The Labute approximate surface area is 154 Å². The molecule has 130 valence electrons. The lowest BCUT2D eigenvalue weighted by Crippen LogP contribution is -2.17. The molecule has 1 heterocycles. The minimum Gasteiger partial charge on any atom is -0.403 e. The first-order valence-corrected chi connectivity index (χ1v) is 8.18. The number of rotatable bonds is 3. The van der Waals surface area contributed by atoms with E-state index < -0.39 is 6.36 Å². The van der Waals surface area contributed by atoms with Crippen molar-refractivity contribution in [2.45, 2.75) is 13.3 Å². The topological polar surface area (TPSA) is 34.2 Å². The molecule has 2 aromatic carbocycles. The molecule has 3 rings (SSSR count). The third-order valence-electron chi connectivity index (χ3n) is 3.49. The molecule has 25 heavy (non-hydrogen) atoms. The maximum absolute atomic E-state index is 13.3. The Kier molecular flexibility index (Phi) is 4.72. The predicted octanol–water partition coefficient (Wildman–Crippen LogP) is 5.93. The molecule has 8 heteroatoms. The van der Waals surface area contributed by atoms with Crippen LogP contribution in [-0.4, -0.2) is 11.3 Å². The zero-order valence-electron chi connectivity index (χ0n) is 12.8. The average Bonchev–Trinajstić information content (AvgIpc) is 2.51. The summed E-state index contributed by atoms with van der Waals surface area (Å²) in [5, 5.41) is 3.62. The van der Waals surface area contributed by atoms with Gasteiger partial charge in [-0.15, -0.1) is 13.2 Å². The van der Waals surface area contributed by atoms with Gasteiger partial charge in [-0.25, -0.2) is 4.39 Å². The van der Waals surface area contributed by atoms with Crippen molar-refractivity contribution in [2.24, 2.45) is 0 Å². The third-order valence-corrected chi connectivity index (χ3v) is 4.31. The number of hydrogen-bond donors (Lipinski definition) is 1. The minimum atomic E-state index is -4.81. The van der Waals surface area contributed by atoms with E-state index in [1.807, 2.05) is 22.6 Å². The number of nitrogens with zero attached hydrogens (tertiary/aromatic N) is 1. The summed E-state index contributed by atoms with van der Waals surface area (Å²) in [6.07, 6.45) is -3.35. The fourth-order valence-electron chi connectivity index (χ4n) is 2.41. The summed E-state index contributed by atoms with van der Waals surface area (Å²) in [7, 11) is 0. The lowest BCUT2D eigenvalue weighted by molar-refractivity contribution is -0.274. The molecule has 0 radical (unpaired) electrons.